The normalized spacial score (nSPS) is 13.7. The zero-order valence-corrected chi connectivity index (χ0v) is 11.6. The lowest BCUT2D eigenvalue weighted by molar-refractivity contribution is 0.174. The summed E-state index contributed by atoms with van der Waals surface area (Å²) in [7, 11) is -3.00. The highest BCUT2D eigenvalue weighted by Crippen LogP contribution is 2.33. The van der Waals surface area contributed by atoms with Crippen molar-refractivity contribution in [2.75, 3.05) is 18.8 Å². The fraction of sp³-hybridized carbons (Fsp3) is 0.333. The van der Waals surface area contributed by atoms with E-state index in [4.69, 9.17) is 9.47 Å². The summed E-state index contributed by atoms with van der Waals surface area (Å²) in [6.07, 6.45) is 3.27. The molecule has 0 amide bonds. The predicted octanol–water partition coefficient (Wildman–Crippen LogP) is 0.583. The number of rotatable bonds is 4. The minimum Gasteiger partial charge on any atom is -0.454 e. The van der Waals surface area contributed by atoms with Crippen LogP contribution in [0, 0.1) is 0 Å². The Hall–Kier alpha value is -2.09. The highest BCUT2D eigenvalue weighted by atomic mass is 32.2. The molecule has 0 fully saturated rings. The smallest absolute Gasteiger partial charge is 0.231 e. The van der Waals surface area contributed by atoms with E-state index in [2.05, 4.69) is 10.3 Å². The third kappa shape index (κ3) is 2.74. The van der Waals surface area contributed by atoms with Gasteiger partial charge in [0.2, 0.25) is 6.79 Å². The molecular formula is C12H13N3O4S. The van der Waals surface area contributed by atoms with E-state index >= 15 is 0 Å². The molecule has 2 heterocycles. The van der Waals surface area contributed by atoms with Gasteiger partial charge in [0.05, 0.1) is 23.3 Å². The largest absolute Gasteiger partial charge is 0.454 e. The predicted molar refractivity (Wildman–Crippen MR) is 70.9 cm³/mol. The molecule has 0 saturated heterocycles. The Balaban J connectivity index is 1.80. The molecule has 0 bridgehead atoms. The van der Waals surface area contributed by atoms with Gasteiger partial charge in [-0.3, -0.25) is 0 Å². The molecule has 0 aliphatic carbocycles. The first-order valence-corrected chi connectivity index (χ1v) is 8.06. The van der Waals surface area contributed by atoms with Crippen molar-refractivity contribution in [2.45, 2.75) is 6.42 Å². The SMILES string of the molecule is CS(=O)(=O)CCc1cn(-c2ccc3c(c2)OCO3)nn1. The third-order valence-electron chi connectivity index (χ3n) is 2.89. The van der Waals surface area contributed by atoms with Crippen molar-refractivity contribution in [1.29, 1.82) is 0 Å². The molecule has 3 rings (SSSR count). The monoisotopic (exact) mass is 295 g/mol. The number of nitrogens with zero attached hydrogens (tertiary/aromatic N) is 3. The van der Waals surface area contributed by atoms with Gasteiger partial charge in [-0.1, -0.05) is 5.21 Å². The maximum Gasteiger partial charge on any atom is 0.231 e. The van der Waals surface area contributed by atoms with E-state index in [0.29, 0.717) is 23.6 Å². The Morgan fingerprint density at radius 1 is 1.30 bits per heavy atom. The van der Waals surface area contributed by atoms with Gasteiger partial charge in [-0.05, 0) is 12.1 Å². The van der Waals surface area contributed by atoms with Crippen LogP contribution in [-0.4, -0.2) is 42.2 Å². The maximum absolute atomic E-state index is 11.1. The lowest BCUT2D eigenvalue weighted by Crippen LogP contribution is -2.05. The van der Waals surface area contributed by atoms with Crippen molar-refractivity contribution in [3.8, 4) is 17.2 Å². The number of aromatic nitrogens is 3. The van der Waals surface area contributed by atoms with Crippen LogP contribution in [0.5, 0.6) is 11.5 Å². The first-order chi connectivity index (χ1) is 9.51. The zero-order chi connectivity index (χ0) is 14.2. The van der Waals surface area contributed by atoms with Crippen LogP contribution < -0.4 is 9.47 Å². The Kier molecular flexibility index (Phi) is 3.09. The van der Waals surface area contributed by atoms with Gasteiger partial charge in [0.15, 0.2) is 11.5 Å². The van der Waals surface area contributed by atoms with Crippen molar-refractivity contribution in [2.24, 2.45) is 0 Å². The molecule has 0 N–H and O–H groups in total. The van der Waals surface area contributed by atoms with Crippen LogP contribution in [0.3, 0.4) is 0 Å². The Labute approximate surface area is 116 Å². The number of sulfone groups is 1. The Morgan fingerprint density at radius 3 is 2.90 bits per heavy atom. The van der Waals surface area contributed by atoms with Gasteiger partial charge in [-0.15, -0.1) is 5.10 Å². The van der Waals surface area contributed by atoms with E-state index in [1.807, 2.05) is 6.07 Å². The minimum absolute atomic E-state index is 0.0623. The molecule has 1 aliphatic rings. The van der Waals surface area contributed by atoms with E-state index in [0.717, 1.165) is 5.69 Å². The van der Waals surface area contributed by atoms with Gasteiger partial charge in [-0.25, -0.2) is 13.1 Å². The van der Waals surface area contributed by atoms with Crippen molar-refractivity contribution >= 4 is 9.84 Å². The van der Waals surface area contributed by atoms with Gasteiger partial charge >= 0.3 is 0 Å². The van der Waals surface area contributed by atoms with Crippen LogP contribution in [0.1, 0.15) is 5.69 Å². The van der Waals surface area contributed by atoms with Gasteiger partial charge in [-0.2, -0.15) is 0 Å². The second-order valence-corrected chi connectivity index (χ2v) is 6.83. The highest BCUT2D eigenvalue weighted by Gasteiger charge is 2.14. The topological polar surface area (TPSA) is 83.3 Å². The molecule has 0 spiro atoms. The fourth-order valence-electron chi connectivity index (χ4n) is 1.86. The molecule has 8 heteroatoms. The summed E-state index contributed by atoms with van der Waals surface area (Å²) in [6.45, 7) is 0.218. The minimum atomic E-state index is -3.00. The van der Waals surface area contributed by atoms with Gasteiger partial charge < -0.3 is 9.47 Å². The summed E-state index contributed by atoms with van der Waals surface area (Å²) in [5.74, 6) is 1.43. The molecular weight excluding hydrogens is 282 g/mol. The molecule has 0 saturated carbocycles. The van der Waals surface area contributed by atoms with E-state index in [-0.39, 0.29) is 12.5 Å². The molecule has 0 atom stereocenters. The second-order valence-electron chi connectivity index (χ2n) is 4.57. The summed E-state index contributed by atoms with van der Waals surface area (Å²) in [5.41, 5.74) is 1.42. The van der Waals surface area contributed by atoms with E-state index in [9.17, 15) is 8.42 Å². The summed E-state index contributed by atoms with van der Waals surface area (Å²) in [6, 6.07) is 5.44. The zero-order valence-electron chi connectivity index (χ0n) is 10.8. The lowest BCUT2D eigenvalue weighted by Gasteiger charge is -2.01. The van der Waals surface area contributed by atoms with Crippen molar-refractivity contribution in [3.05, 3.63) is 30.1 Å². The number of hydrogen-bond donors (Lipinski definition) is 0. The van der Waals surface area contributed by atoms with E-state index in [1.165, 1.54) is 6.26 Å². The summed E-state index contributed by atoms with van der Waals surface area (Å²) in [4.78, 5) is 0. The summed E-state index contributed by atoms with van der Waals surface area (Å²) in [5, 5.41) is 7.95. The van der Waals surface area contributed by atoms with Gasteiger partial charge in [0, 0.05) is 18.7 Å². The van der Waals surface area contributed by atoms with Crippen LogP contribution in [0.25, 0.3) is 5.69 Å². The fourth-order valence-corrected chi connectivity index (χ4v) is 2.44. The maximum atomic E-state index is 11.1. The van der Waals surface area contributed by atoms with Gasteiger partial charge in [0.1, 0.15) is 9.84 Å². The average Bonchev–Trinajstić information content (AvgIpc) is 3.03. The summed E-state index contributed by atoms with van der Waals surface area (Å²) < 4.78 is 34.4. The number of fused-ring (bicyclic) bond motifs is 1. The Morgan fingerprint density at radius 2 is 2.10 bits per heavy atom. The van der Waals surface area contributed by atoms with E-state index < -0.39 is 9.84 Å². The number of benzene rings is 1. The van der Waals surface area contributed by atoms with Crippen LogP contribution >= 0.6 is 0 Å². The first kappa shape index (κ1) is 12.9. The average molecular weight is 295 g/mol. The van der Waals surface area contributed by atoms with Crippen molar-refractivity contribution in [3.63, 3.8) is 0 Å². The van der Waals surface area contributed by atoms with Crippen molar-refractivity contribution in [1.82, 2.24) is 15.0 Å². The van der Waals surface area contributed by atoms with Crippen LogP contribution in [0.2, 0.25) is 0 Å². The van der Waals surface area contributed by atoms with Crippen LogP contribution in [0.4, 0.5) is 0 Å². The number of hydrogen-bond acceptors (Lipinski definition) is 6. The molecule has 1 aromatic heterocycles. The third-order valence-corrected chi connectivity index (χ3v) is 3.84. The molecule has 20 heavy (non-hydrogen) atoms. The second kappa shape index (κ2) is 4.78. The van der Waals surface area contributed by atoms with Crippen LogP contribution in [-0.2, 0) is 16.3 Å². The summed E-state index contributed by atoms with van der Waals surface area (Å²) >= 11 is 0. The quantitative estimate of drug-likeness (QED) is 0.820. The van der Waals surface area contributed by atoms with Gasteiger partial charge in [0.25, 0.3) is 0 Å². The molecule has 1 aliphatic heterocycles. The Bertz CT molecular complexity index is 739. The molecule has 0 unspecified atom stereocenters. The molecule has 106 valence electrons. The molecule has 0 radical (unpaired) electrons. The number of aryl methyl sites for hydroxylation is 1. The number of ether oxygens (including phenoxy) is 2. The highest BCUT2D eigenvalue weighted by molar-refractivity contribution is 7.90. The molecule has 2 aromatic rings. The van der Waals surface area contributed by atoms with E-state index in [1.54, 1.807) is 23.0 Å². The van der Waals surface area contributed by atoms with Crippen molar-refractivity contribution < 1.29 is 17.9 Å². The first-order valence-electron chi connectivity index (χ1n) is 6.00. The van der Waals surface area contributed by atoms with Crippen LogP contribution in [0.15, 0.2) is 24.4 Å². The molecule has 7 nitrogen and oxygen atoms in total. The lowest BCUT2D eigenvalue weighted by atomic mass is 10.3. The standard InChI is InChI=1S/C12H13N3O4S/c1-20(16,17)5-4-9-7-15(14-13-9)10-2-3-11-12(6-10)19-8-18-11/h2-3,6-7H,4-5,8H2,1H3. The molecule has 1 aromatic carbocycles.